The van der Waals surface area contributed by atoms with E-state index in [4.69, 9.17) is 17.3 Å². The average molecular weight is 452 g/mol. The summed E-state index contributed by atoms with van der Waals surface area (Å²) < 4.78 is 0. The molecule has 6 nitrogen and oxygen atoms in total. The number of hydrogen-bond acceptors (Lipinski definition) is 3. The molecule has 23 heavy (non-hydrogen) atoms. The second kappa shape index (κ2) is 9.82. The molecule has 1 fully saturated rings. The predicted octanol–water partition coefficient (Wildman–Crippen LogP) is 1.53. The number of likely N-dealkylation sites (N-methyl/N-ethyl adjacent to an activating group) is 1. The minimum atomic E-state index is -0.106. The summed E-state index contributed by atoms with van der Waals surface area (Å²) in [5.41, 5.74) is 7.11. The number of hydrogen-bond donors (Lipinski definition) is 2. The molecule has 0 radical (unpaired) electrons. The lowest BCUT2D eigenvalue weighted by Crippen LogP contribution is -2.51. The summed E-state index contributed by atoms with van der Waals surface area (Å²) in [7, 11) is 0. The molecule has 128 valence electrons. The highest BCUT2D eigenvalue weighted by Gasteiger charge is 2.18. The molecular weight excluding hydrogens is 429 g/mol. The highest BCUT2D eigenvalue weighted by molar-refractivity contribution is 14.0. The lowest BCUT2D eigenvalue weighted by Gasteiger charge is -2.36. The van der Waals surface area contributed by atoms with Gasteiger partial charge in [-0.15, -0.1) is 24.0 Å². The van der Waals surface area contributed by atoms with Gasteiger partial charge in [-0.3, -0.25) is 4.79 Å². The van der Waals surface area contributed by atoms with Gasteiger partial charge in [0.15, 0.2) is 5.96 Å². The molecular formula is C15H23ClIN5O. The van der Waals surface area contributed by atoms with Crippen LogP contribution in [0.3, 0.4) is 0 Å². The van der Waals surface area contributed by atoms with Crippen LogP contribution < -0.4 is 16.0 Å². The van der Waals surface area contributed by atoms with Crippen LogP contribution in [0, 0.1) is 0 Å². The van der Waals surface area contributed by atoms with Crippen molar-refractivity contribution in [1.82, 2.24) is 10.2 Å². The number of nitrogens with two attached hydrogens (primary N) is 1. The van der Waals surface area contributed by atoms with Gasteiger partial charge < -0.3 is 20.9 Å². The second-order valence-electron chi connectivity index (χ2n) is 5.08. The standard InChI is InChI=1S/C15H22ClN5O.HI/c1-2-18-14(22)11-19-15(17)21-9-7-20(8-10-21)13-5-3-12(16)4-6-13;/h3-6H,2,7-11H2,1H3,(H2,17,19)(H,18,22);1H. The molecule has 0 aromatic heterocycles. The van der Waals surface area contributed by atoms with Crippen LogP contribution in [0.25, 0.3) is 0 Å². The van der Waals surface area contributed by atoms with Crippen LogP contribution in [0.2, 0.25) is 5.02 Å². The summed E-state index contributed by atoms with van der Waals surface area (Å²) in [6.45, 7) is 5.85. The molecule has 0 aliphatic carbocycles. The molecule has 1 aliphatic rings. The minimum absolute atomic E-state index is 0. The molecule has 1 heterocycles. The first-order valence-electron chi connectivity index (χ1n) is 7.42. The van der Waals surface area contributed by atoms with Gasteiger partial charge in [0.05, 0.1) is 0 Å². The number of nitrogens with zero attached hydrogens (tertiary/aromatic N) is 3. The van der Waals surface area contributed by atoms with Crippen LogP contribution in [0.5, 0.6) is 0 Å². The van der Waals surface area contributed by atoms with Gasteiger partial charge >= 0.3 is 0 Å². The Kier molecular flexibility index (Phi) is 8.46. The van der Waals surface area contributed by atoms with Gasteiger partial charge in [-0.05, 0) is 31.2 Å². The molecule has 8 heteroatoms. The van der Waals surface area contributed by atoms with Crippen molar-refractivity contribution in [2.45, 2.75) is 6.92 Å². The Bertz CT molecular complexity index is 529. The maximum atomic E-state index is 11.4. The van der Waals surface area contributed by atoms with Crippen molar-refractivity contribution in [1.29, 1.82) is 0 Å². The number of carbonyl (C=O) groups is 1. The molecule has 0 saturated carbocycles. The summed E-state index contributed by atoms with van der Waals surface area (Å²) >= 11 is 5.91. The SMILES string of the molecule is CCNC(=O)CN=C(N)N1CCN(c2ccc(Cl)cc2)CC1.I. The zero-order chi connectivity index (χ0) is 15.9. The van der Waals surface area contributed by atoms with Crippen LogP contribution in [0.4, 0.5) is 5.69 Å². The van der Waals surface area contributed by atoms with Crippen molar-refractivity contribution in [3.8, 4) is 0 Å². The fourth-order valence-electron chi connectivity index (χ4n) is 2.35. The molecule has 1 aromatic carbocycles. The van der Waals surface area contributed by atoms with E-state index in [1.807, 2.05) is 36.1 Å². The van der Waals surface area contributed by atoms with E-state index >= 15 is 0 Å². The quantitative estimate of drug-likeness (QED) is 0.414. The number of benzene rings is 1. The lowest BCUT2D eigenvalue weighted by atomic mass is 10.2. The second-order valence-corrected chi connectivity index (χ2v) is 5.51. The highest BCUT2D eigenvalue weighted by atomic mass is 127. The van der Waals surface area contributed by atoms with Gasteiger partial charge in [0.2, 0.25) is 5.91 Å². The summed E-state index contributed by atoms with van der Waals surface area (Å²) in [4.78, 5) is 19.8. The Morgan fingerprint density at radius 3 is 2.43 bits per heavy atom. The van der Waals surface area contributed by atoms with Gasteiger partial charge in [-0.2, -0.15) is 0 Å². The Morgan fingerprint density at radius 2 is 1.87 bits per heavy atom. The van der Waals surface area contributed by atoms with Gasteiger partial charge in [0, 0.05) is 43.4 Å². The van der Waals surface area contributed by atoms with E-state index in [0.717, 1.165) is 36.9 Å². The molecule has 0 spiro atoms. The van der Waals surface area contributed by atoms with Crippen LogP contribution in [-0.4, -0.2) is 56.0 Å². The van der Waals surface area contributed by atoms with Crippen molar-refractivity contribution in [2.75, 3.05) is 44.2 Å². The molecule has 1 aromatic rings. The summed E-state index contributed by atoms with van der Waals surface area (Å²) in [6.07, 6.45) is 0. The van der Waals surface area contributed by atoms with E-state index in [1.165, 1.54) is 0 Å². The van der Waals surface area contributed by atoms with Crippen LogP contribution in [0.1, 0.15) is 6.92 Å². The fourth-order valence-corrected chi connectivity index (χ4v) is 2.48. The molecule has 1 aliphatic heterocycles. The third-order valence-electron chi connectivity index (χ3n) is 3.55. The van der Waals surface area contributed by atoms with E-state index in [-0.39, 0.29) is 36.4 Å². The van der Waals surface area contributed by atoms with Crippen LogP contribution in [-0.2, 0) is 4.79 Å². The number of guanidine groups is 1. The highest BCUT2D eigenvalue weighted by Crippen LogP contribution is 2.19. The summed E-state index contributed by atoms with van der Waals surface area (Å²) in [5.74, 6) is 0.326. The summed E-state index contributed by atoms with van der Waals surface area (Å²) in [6, 6.07) is 7.83. The van der Waals surface area contributed by atoms with Crippen molar-refractivity contribution in [3.05, 3.63) is 29.3 Å². The maximum Gasteiger partial charge on any atom is 0.241 e. The minimum Gasteiger partial charge on any atom is -0.370 e. The summed E-state index contributed by atoms with van der Waals surface area (Å²) in [5, 5.41) is 3.44. The van der Waals surface area contributed by atoms with Crippen molar-refractivity contribution >= 4 is 53.1 Å². The Labute approximate surface area is 159 Å². The van der Waals surface area contributed by atoms with Crippen LogP contribution in [0.15, 0.2) is 29.3 Å². The third-order valence-corrected chi connectivity index (χ3v) is 3.81. The maximum absolute atomic E-state index is 11.4. The molecule has 1 amide bonds. The normalized spacial score (nSPS) is 15.1. The fraction of sp³-hybridized carbons (Fsp3) is 0.467. The van der Waals surface area contributed by atoms with Crippen molar-refractivity contribution in [2.24, 2.45) is 10.7 Å². The van der Waals surface area contributed by atoms with E-state index in [1.54, 1.807) is 0 Å². The van der Waals surface area contributed by atoms with Gasteiger partial charge in [-0.25, -0.2) is 4.99 Å². The number of anilines is 1. The van der Waals surface area contributed by atoms with Gasteiger partial charge in [0.25, 0.3) is 0 Å². The molecule has 0 unspecified atom stereocenters. The number of amides is 1. The molecule has 3 N–H and O–H groups in total. The Hall–Kier alpha value is -1.22. The van der Waals surface area contributed by atoms with E-state index in [9.17, 15) is 4.79 Å². The first-order valence-corrected chi connectivity index (χ1v) is 7.80. The number of carbonyl (C=O) groups excluding carboxylic acids is 1. The van der Waals surface area contributed by atoms with E-state index < -0.39 is 0 Å². The molecule has 1 saturated heterocycles. The molecule has 0 bridgehead atoms. The lowest BCUT2D eigenvalue weighted by molar-refractivity contribution is -0.119. The number of aliphatic imine (C=N–C) groups is 1. The predicted molar refractivity (Wildman–Crippen MR) is 106 cm³/mol. The monoisotopic (exact) mass is 451 g/mol. The number of nitrogens with one attached hydrogen (secondary N) is 1. The van der Waals surface area contributed by atoms with Crippen molar-refractivity contribution in [3.63, 3.8) is 0 Å². The third kappa shape index (κ3) is 6.06. The van der Waals surface area contributed by atoms with Crippen molar-refractivity contribution < 1.29 is 4.79 Å². The first-order chi connectivity index (χ1) is 10.6. The zero-order valence-corrected chi connectivity index (χ0v) is 16.3. The zero-order valence-electron chi connectivity index (χ0n) is 13.2. The average Bonchev–Trinajstić information content (AvgIpc) is 2.54. The number of piperazine rings is 1. The first kappa shape index (κ1) is 19.8. The molecule has 0 atom stereocenters. The Morgan fingerprint density at radius 1 is 1.26 bits per heavy atom. The number of halogens is 2. The van der Waals surface area contributed by atoms with Gasteiger partial charge in [-0.1, -0.05) is 11.6 Å². The van der Waals surface area contributed by atoms with Gasteiger partial charge in [0.1, 0.15) is 6.54 Å². The topological polar surface area (TPSA) is 74.0 Å². The molecule has 2 rings (SSSR count). The van der Waals surface area contributed by atoms with E-state index in [0.29, 0.717) is 12.5 Å². The largest absolute Gasteiger partial charge is 0.370 e. The number of rotatable bonds is 4. The smallest absolute Gasteiger partial charge is 0.241 e. The van der Waals surface area contributed by atoms with E-state index in [2.05, 4.69) is 15.2 Å². The Balaban J connectivity index is 0.00000264. The van der Waals surface area contributed by atoms with Crippen LogP contribution >= 0.6 is 35.6 Å².